The van der Waals surface area contributed by atoms with Gasteiger partial charge in [0.2, 0.25) is 11.8 Å². The van der Waals surface area contributed by atoms with Crippen LogP contribution in [0.1, 0.15) is 37.9 Å². The summed E-state index contributed by atoms with van der Waals surface area (Å²) in [5, 5.41) is 15.2. The lowest BCUT2D eigenvalue weighted by Crippen LogP contribution is -2.61. The summed E-state index contributed by atoms with van der Waals surface area (Å²) in [6.07, 6.45) is -3.51. The zero-order valence-corrected chi connectivity index (χ0v) is 22.4. The van der Waals surface area contributed by atoms with Gasteiger partial charge in [-0.05, 0) is 44.7 Å². The number of thiazole rings is 1. The van der Waals surface area contributed by atoms with E-state index in [9.17, 15) is 28.3 Å². The minimum absolute atomic E-state index is 0.0531. The van der Waals surface area contributed by atoms with Gasteiger partial charge in [-0.25, -0.2) is 13.8 Å². The van der Waals surface area contributed by atoms with Crippen molar-refractivity contribution >= 4 is 41.7 Å². The van der Waals surface area contributed by atoms with E-state index in [0.717, 1.165) is 26.6 Å². The molecular formula is C25H30F2N4O4S2. The first-order chi connectivity index (χ1) is 17.3. The van der Waals surface area contributed by atoms with E-state index in [0.29, 0.717) is 0 Å². The molecule has 1 aromatic heterocycles. The third-order valence-electron chi connectivity index (χ3n) is 6.69. The van der Waals surface area contributed by atoms with Gasteiger partial charge < -0.3 is 20.6 Å². The lowest BCUT2D eigenvalue weighted by Gasteiger charge is -2.35. The summed E-state index contributed by atoms with van der Waals surface area (Å²) in [7, 11) is 0. The lowest BCUT2D eigenvalue weighted by atomic mass is 10.00. The number of nitrogens with one attached hydrogen (secondary N) is 2. The van der Waals surface area contributed by atoms with Gasteiger partial charge in [-0.3, -0.25) is 14.4 Å². The van der Waals surface area contributed by atoms with Crippen molar-refractivity contribution in [3.63, 3.8) is 0 Å². The molecule has 0 spiro atoms. The largest absolute Gasteiger partial charge is 0.388 e. The molecule has 2 aromatic rings. The topological polar surface area (TPSA) is 112 Å². The van der Waals surface area contributed by atoms with Gasteiger partial charge in [-0.2, -0.15) is 12.6 Å². The van der Waals surface area contributed by atoms with Crippen LogP contribution in [0.2, 0.25) is 0 Å². The molecule has 1 saturated carbocycles. The maximum Gasteiger partial charge on any atom is 0.258 e. The number of benzene rings is 1. The van der Waals surface area contributed by atoms with Crippen LogP contribution in [-0.2, 0) is 20.9 Å². The second-order valence-corrected chi connectivity index (χ2v) is 12.2. The van der Waals surface area contributed by atoms with Gasteiger partial charge >= 0.3 is 0 Å². The summed E-state index contributed by atoms with van der Waals surface area (Å²) in [6, 6.07) is 4.49. The van der Waals surface area contributed by atoms with Crippen LogP contribution < -0.4 is 10.6 Å². The minimum atomic E-state index is -2.03. The third kappa shape index (κ3) is 5.80. The van der Waals surface area contributed by atoms with Crippen molar-refractivity contribution in [2.45, 2.75) is 74.9 Å². The Hall–Kier alpha value is -2.57. The number of rotatable bonds is 8. The summed E-state index contributed by atoms with van der Waals surface area (Å²) >= 11 is 5.90. The van der Waals surface area contributed by atoms with E-state index < -0.39 is 59.0 Å². The predicted octanol–water partition coefficient (Wildman–Crippen LogP) is 2.34. The Kier molecular flexibility index (Phi) is 7.64. The van der Waals surface area contributed by atoms with E-state index in [1.54, 1.807) is 19.4 Å². The fraction of sp³-hybridized carbons (Fsp3) is 0.520. The molecule has 8 nitrogen and oxygen atoms in total. The highest BCUT2D eigenvalue weighted by atomic mass is 32.1. The minimum Gasteiger partial charge on any atom is -0.388 e. The normalized spacial score (nSPS) is 23.4. The Bertz CT molecular complexity index is 1180. The Balaban J connectivity index is 1.46. The predicted molar refractivity (Wildman–Crippen MR) is 139 cm³/mol. The maximum absolute atomic E-state index is 15.0. The van der Waals surface area contributed by atoms with Crippen molar-refractivity contribution in [2.24, 2.45) is 0 Å². The van der Waals surface area contributed by atoms with Gasteiger partial charge in [0.15, 0.2) is 11.8 Å². The molecule has 1 aliphatic heterocycles. The second kappa shape index (κ2) is 10.3. The smallest absolute Gasteiger partial charge is 0.258 e. The lowest BCUT2D eigenvalue weighted by molar-refractivity contribution is -0.143. The number of halogens is 2. The molecule has 2 heterocycles. The molecular weight excluding hydrogens is 522 g/mol. The summed E-state index contributed by atoms with van der Waals surface area (Å²) < 4.78 is 28.1. The molecule has 1 aliphatic carbocycles. The maximum atomic E-state index is 15.0. The number of aryl methyl sites for hydroxylation is 1. The molecule has 0 radical (unpaired) electrons. The zero-order chi connectivity index (χ0) is 27.1. The molecule has 12 heteroatoms. The van der Waals surface area contributed by atoms with E-state index >= 15 is 0 Å². The van der Waals surface area contributed by atoms with Gasteiger partial charge in [0.25, 0.3) is 5.91 Å². The van der Waals surface area contributed by atoms with Crippen molar-refractivity contribution in [3.8, 4) is 10.4 Å². The fourth-order valence-electron chi connectivity index (χ4n) is 4.26. The van der Waals surface area contributed by atoms with Crippen LogP contribution in [0, 0.1) is 6.92 Å². The zero-order valence-electron chi connectivity index (χ0n) is 20.7. The molecule has 4 rings (SSSR count). The average Bonchev–Trinajstić information content (AvgIpc) is 3.34. The quantitative estimate of drug-likeness (QED) is 0.376. The number of amides is 3. The monoisotopic (exact) mass is 552 g/mol. The molecule has 3 amide bonds. The first-order valence-electron chi connectivity index (χ1n) is 11.9. The highest BCUT2D eigenvalue weighted by Crippen LogP contribution is 2.40. The number of likely N-dealkylation sites (tertiary alicyclic amines) is 1. The van der Waals surface area contributed by atoms with E-state index in [4.69, 9.17) is 0 Å². The number of β-amino-alcohol motifs (C(OH)–C–C–N with tert-alkyl or cyclic N) is 1. The number of carbonyl (C=O) groups excluding carboxylic acids is 3. The van der Waals surface area contributed by atoms with Crippen molar-refractivity contribution < 1.29 is 28.3 Å². The number of aromatic nitrogens is 1. The number of hydrogen-bond acceptors (Lipinski definition) is 7. The van der Waals surface area contributed by atoms with Crippen molar-refractivity contribution in [2.75, 3.05) is 6.54 Å². The second-order valence-electron chi connectivity index (χ2n) is 10.2. The van der Waals surface area contributed by atoms with Gasteiger partial charge in [-0.1, -0.05) is 24.3 Å². The Morgan fingerprint density at radius 2 is 1.95 bits per heavy atom. The molecule has 200 valence electrons. The highest BCUT2D eigenvalue weighted by Gasteiger charge is 2.55. The summed E-state index contributed by atoms with van der Waals surface area (Å²) in [5.74, 6) is -2.55. The number of alkyl halides is 2. The van der Waals surface area contributed by atoms with Gasteiger partial charge in [-0.15, -0.1) is 11.3 Å². The Morgan fingerprint density at radius 1 is 1.30 bits per heavy atom. The molecule has 2 fully saturated rings. The number of carbonyl (C=O) groups is 3. The van der Waals surface area contributed by atoms with Crippen LogP contribution in [0.4, 0.5) is 8.78 Å². The fourth-order valence-corrected chi connectivity index (χ4v) is 5.25. The van der Waals surface area contributed by atoms with Crippen LogP contribution in [0.25, 0.3) is 10.4 Å². The number of hydrogen-bond donors (Lipinski definition) is 4. The molecule has 4 atom stereocenters. The van der Waals surface area contributed by atoms with E-state index in [-0.39, 0.29) is 19.4 Å². The first kappa shape index (κ1) is 27.5. The summed E-state index contributed by atoms with van der Waals surface area (Å²) in [5.41, 5.74) is 2.39. The highest BCUT2D eigenvalue weighted by molar-refractivity contribution is 7.81. The van der Waals surface area contributed by atoms with Crippen molar-refractivity contribution in [1.29, 1.82) is 0 Å². The molecule has 1 saturated heterocycles. The van der Waals surface area contributed by atoms with Gasteiger partial charge in [0, 0.05) is 11.3 Å². The van der Waals surface area contributed by atoms with Crippen LogP contribution in [0.5, 0.6) is 0 Å². The third-order valence-corrected chi connectivity index (χ3v) is 7.93. The summed E-state index contributed by atoms with van der Waals surface area (Å²) in [4.78, 5) is 44.9. The van der Waals surface area contributed by atoms with Crippen LogP contribution in [0.15, 0.2) is 29.8 Å². The van der Waals surface area contributed by atoms with Gasteiger partial charge in [0.1, 0.15) is 18.2 Å². The Labute approximate surface area is 223 Å². The number of aliphatic hydroxyl groups is 1. The molecule has 1 aromatic carbocycles. The Morgan fingerprint density at radius 3 is 2.49 bits per heavy atom. The average molecular weight is 553 g/mol. The van der Waals surface area contributed by atoms with Crippen LogP contribution in [0.3, 0.4) is 0 Å². The van der Waals surface area contributed by atoms with Crippen molar-refractivity contribution in [3.05, 3.63) is 41.0 Å². The molecule has 3 N–H and O–H groups in total. The number of aliphatic hydroxyl groups excluding tert-OH is 1. The molecule has 37 heavy (non-hydrogen) atoms. The van der Waals surface area contributed by atoms with Crippen LogP contribution >= 0.6 is 24.0 Å². The molecule has 0 unspecified atom stereocenters. The first-order valence-corrected chi connectivity index (χ1v) is 13.3. The van der Waals surface area contributed by atoms with E-state index in [2.05, 4.69) is 28.2 Å². The molecule has 2 aliphatic rings. The summed E-state index contributed by atoms with van der Waals surface area (Å²) in [6.45, 7) is 4.64. The van der Waals surface area contributed by atoms with E-state index in [1.807, 2.05) is 31.2 Å². The number of thiol groups is 1. The van der Waals surface area contributed by atoms with Gasteiger partial charge in [0.05, 0.1) is 22.6 Å². The van der Waals surface area contributed by atoms with Crippen molar-refractivity contribution in [1.82, 2.24) is 20.5 Å². The standard InChI is InChI=1S/C25H30F2N4O4S2/c1-13-19(37-12-29-13)15-6-4-14(5-7-15)10-28-21(33)18-17(26)16(32)11-31(18)22(34)20(24(2,3)36)30-23(35)25(27)8-9-25/h4-7,12,16-18,20,32,36H,8-11H2,1-3H3,(H,28,33)(H,30,35)/t16-,17-,18+,20+/m0/s1. The number of nitrogens with zero attached hydrogens (tertiary/aromatic N) is 2. The SMILES string of the molecule is Cc1ncsc1-c1ccc(CNC(=O)[C@H]2[C@@H](F)[C@@H](O)CN2C(=O)[C@@H](NC(=O)C2(F)CC2)C(C)(C)S)cc1. The molecule has 0 bridgehead atoms. The van der Waals surface area contributed by atoms with Crippen LogP contribution in [-0.4, -0.2) is 74.0 Å². The van der Waals surface area contributed by atoms with E-state index in [1.165, 1.54) is 11.3 Å².